The Labute approximate surface area is 190 Å². The third kappa shape index (κ3) is 5.64. The molecule has 1 unspecified atom stereocenters. The van der Waals surface area contributed by atoms with Crippen LogP contribution in [0.4, 0.5) is 8.78 Å². The second kappa shape index (κ2) is 10.1. The number of aromatic nitrogens is 6. The molecule has 3 heterocycles. The number of pyridine rings is 1. The van der Waals surface area contributed by atoms with Crippen molar-refractivity contribution in [1.29, 1.82) is 0 Å². The fourth-order valence-corrected chi connectivity index (χ4v) is 2.79. The lowest BCUT2D eigenvalue weighted by molar-refractivity contribution is -0.137. The molecule has 14 heteroatoms. The topological polar surface area (TPSA) is 155 Å². The third-order valence-corrected chi connectivity index (χ3v) is 4.26. The number of nitrogens with zero attached hydrogens (tertiary/aromatic N) is 6. The number of carbonyl (C=O) groups is 1. The van der Waals surface area contributed by atoms with Gasteiger partial charge in [-0.3, -0.25) is 4.79 Å². The largest absolute Gasteiger partial charge is 0.481 e. The van der Waals surface area contributed by atoms with Crippen LogP contribution in [-0.4, -0.2) is 47.5 Å². The maximum Gasteiger partial charge on any atom is 0.304 e. The molecule has 4 rings (SSSR count). The Morgan fingerprint density at radius 3 is 2.70 bits per heavy atom. The van der Waals surface area contributed by atoms with Gasteiger partial charge in [-0.2, -0.15) is 4.80 Å². The van der Waals surface area contributed by atoms with E-state index in [-0.39, 0.29) is 48.4 Å². The molecular formula is C19H16ClF2N7O4. The zero-order chi connectivity index (χ0) is 22.7. The molecule has 3 aromatic heterocycles. The molecule has 0 radical (unpaired) electrons. The Kier molecular flexibility index (Phi) is 7.25. The highest BCUT2D eigenvalue weighted by atomic mass is 35.5. The molecule has 0 saturated carbocycles. The Morgan fingerprint density at radius 1 is 1.21 bits per heavy atom. The van der Waals surface area contributed by atoms with E-state index in [1.54, 1.807) is 0 Å². The van der Waals surface area contributed by atoms with Gasteiger partial charge in [0.2, 0.25) is 5.82 Å². The molecule has 0 spiro atoms. The van der Waals surface area contributed by atoms with Crippen molar-refractivity contribution in [1.82, 2.24) is 30.3 Å². The fourth-order valence-electron chi connectivity index (χ4n) is 2.79. The smallest absolute Gasteiger partial charge is 0.304 e. The van der Waals surface area contributed by atoms with Crippen LogP contribution in [0.25, 0.3) is 22.5 Å². The van der Waals surface area contributed by atoms with Crippen molar-refractivity contribution in [3.63, 3.8) is 0 Å². The molecule has 0 fully saturated rings. The van der Waals surface area contributed by atoms with Crippen molar-refractivity contribution in [3.05, 3.63) is 54.6 Å². The molecule has 0 aliphatic heterocycles. The van der Waals surface area contributed by atoms with E-state index in [9.17, 15) is 13.6 Å². The van der Waals surface area contributed by atoms with Gasteiger partial charge in [-0.25, -0.2) is 13.8 Å². The monoisotopic (exact) mass is 479 g/mol. The fraction of sp³-hybridized carbons (Fsp3) is 0.158. The first kappa shape index (κ1) is 23.7. The van der Waals surface area contributed by atoms with Crippen LogP contribution in [0.2, 0.25) is 0 Å². The van der Waals surface area contributed by atoms with Crippen molar-refractivity contribution in [2.45, 2.75) is 19.0 Å². The number of ether oxygens (including phenoxy) is 1. The van der Waals surface area contributed by atoms with Gasteiger partial charge in [-0.15, -0.1) is 22.6 Å². The molecule has 11 nitrogen and oxygen atoms in total. The minimum atomic E-state index is -1.06. The van der Waals surface area contributed by atoms with Gasteiger partial charge >= 0.3 is 5.97 Å². The van der Waals surface area contributed by atoms with Crippen molar-refractivity contribution >= 4 is 18.4 Å². The van der Waals surface area contributed by atoms with Crippen molar-refractivity contribution in [3.8, 4) is 34.1 Å². The van der Waals surface area contributed by atoms with Gasteiger partial charge in [0.1, 0.15) is 17.8 Å². The molecule has 4 aromatic rings. The van der Waals surface area contributed by atoms with Crippen LogP contribution < -0.4 is 10.5 Å². The highest BCUT2D eigenvalue weighted by Crippen LogP contribution is 2.29. The maximum absolute atomic E-state index is 14.6. The van der Waals surface area contributed by atoms with Gasteiger partial charge < -0.3 is 20.1 Å². The van der Waals surface area contributed by atoms with Gasteiger partial charge in [0.05, 0.1) is 24.7 Å². The zero-order valence-corrected chi connectivity index (χ0v) is 17.4. The minimum Gasteiger partial charge on any atom is -0.481 e. The van der Waals surface area contributed by atoms with Gasteiger partial charge in [0.15, 0.2) is 5.82 Å². The van der Waals surface area contributed by atoms with E-state index in [0.717, 1.165) is 10.9 Å². The van der Waals surface area contributed by atoms with Crippen molar-refractivity contribution < 1.29 is 27.9 Å². The predicted octanol–water partition coefficient (Wildman–Crippen LogP) is 2.68. The summed E-state index contributed by atoms with van der Waals surface area (Å²) < 4.78 is 39.0. The number of carboxylic acid groups (broad SMARTS) is 1. The number of hydrogen-bond donors (Lipinski definition) is 2. The average Bonchev–Trinajstić information content (AvgIpc) is 3.41. The molecule has 1 atom stereocenters. The summed E-state index contributed by atoms with van der Waals surface area (Å²) >= 11 is 0. The van der Waals surface area contributed by atoms with Crippen LogP contribution in [0.5, 0.6) is 11.6 Å². The van der Waals surface area contributed by atoms with Crippen LogP contribution in [0, 0.1) is 11.6 Å². The van der Waals surface area contributed by atoms with E-state index in [0.29, 0.717) is 11.1 Å². The van der Waals surface area contributed by atoms with Crippen molar-refractivity contribution in [2.24, 2.45) is 5.73 Å². The molecule has 0 bridgehead atoms. The van der Waals surface area contributed by atoms with E-state index in [4.69, 9.17) is 20.1 Å². The lowest BCUT2D eigenvalue weighted by Crippen LogP contribution is -2.30. The lowest BCUT2D eigenvalue weighted by atomic mass is 10.2. The minimum absolute atomic E-state index is 0. The number of carboxylic acids is 1. The highest BCUT2D eigenvalue weighted by Gasteiger charge is 2.16. The van der Waals surface area contributed by atoms with Crippen LogP contribution in [0.1, 0.15) is 6.42 Å². The molecule has 1 aromatic carbocycles. The number of benzene rings is 1. The summed E-state index contributed by atoms with van der Waals surface area (Å²) in [6, 6.07) is 4.23. The molecule has 0 saturated heterocycles. The Morgan fingerprint density at radius 2 is 2.03 bits per heavy atom. The number of rotatable bonds is 8. The SMILES string of the molecule is Cl.NC(CC(=O)O)Cn1nnc(-c2ccc(Oc3ncc(-c4cnoc4)cc3F)cc2F)n1. The van der Waals surface area contributed by atoms with Gasteiger partial charge in [-0.1, -0.05) is 5.16 Å². The first-order chi connectivity index (χ1) is 15.4. The zero-order valence-electron chi connectivity index (χ0n) is 16.6. The molecular weight excluding hydrogens is 464 g/mol. The van der Waals surface area contributed by atoms with E-state index in [1.165, 1.54) is 36.9 Å². The lowest BCUT2D eigenvalue weighted by Gasteiger charge is -2.08. The van der Waals surface area contributed by atoms with E-state index < -0.39 is 23.6 Å². The van der Waals surface area contributed by atoms with Crippen molar-refractivity contribution in [2.75, 3.05) is 0 Å². The van der Waals surface area contributed by atoms with Gasteiger partial charge in [0, 0.05) is 29.4 Å². The summed E-state index contributed by atoms with van der Waals surface area (Å²) in [7, 11) is 0. The summed E-state index contributed by atoms with van der Waals surface area (Å²) in [5.41, 5.74) is 6.69. The van der Waals surface area contributed by atoms with E-state index in [1.807, 2.05) is 0 Å². The van der Waals surface area contributed by atoms with Crippen LogP contribution >= 0.6 is 12.4 Å². The number of hydrogen-bond acceptors (Lipinski definition) is 9. The number of nitrogens with two attached hydrogens (primary N) is 1. The second-order valence-corrected chi connectivity index (χ2v) is 6.69. The first-order valence-corrected chi connectivity index (χ1v) is 9.17. The standard InChI is InChI=1S/C19H15F2N7O4.ClH/c20-15-5-13(32-19-16(21)3-10(6-23-19)11-7-24-31-9-11)1-2-14(15)18-25-27-28(26-18)8-12(22)4-17(29)30;/h1-3,5-7,9,12H,4,8,22H2,(H,29,30);1H. The molecule has 0 aliphatic rings. The third-order valence-electron chi connectivity index (χ3n) is 4.26. The van der Waals surface area contributed by atoms with Crippen LogP contribution in [-0.2, 0) is 11.3 Å². The molecule has 172 valence electrons. The Bertz CT molecular complexity index is 1250. The van der Waals surface area contributed by atoms with E-state index >= 15 is 0 Å². The second-order valence-electron chi connectivity index (χ2n) is 6.69. The summed E-state index contributed by atoms with van der Waals surface area (Å²) in [5, 5.41) is 23.8. The van der Waals surface area contributed by atoms with Crippen LogP contribution in [0.15, 0.2) is 47.4 Å². The van der Waals surface area contributed by atoms with E-state index in [2.05, 4.69) is 25.6 Å². The summed E-state index contributed by atoms with van der Waals surface area (Å²) in [4.78, 5) is 15.7. The molecule has 3 N–H and O–H groups in total. The molecule has 0 amide bonds. The predicted molar refractivity (Wildman–Crippen MR) is 110 cm³/mol. The summed E-state index contributed by atoms with van der Waals surface area (Å²) in [5.74, 6) is -2.91. The average molecular weight is 480 g/mol. The number of tetrazole rings is 1. The molecule has 0 aliphatic carbocycles. The number of halogens is 3. The Hall–Kier alpha value is -3.97. The normalized spacial score (nSPS) is 11.6. The summed E-state index contributed by atoms with van der Waals surface area (Å²) in [6.45, 7) is -0.00205. The quantitative estimate of drug-likeness (QED) is 0.385. The first-order valence-electron chi connectivity index (χ1n) is 9.17. The van der Waals surface area contributed by atoms with Gasteiger partial charge in [0.25, 0.3) is 5.88 Å². The Balaban J connectivity index is 0.00000306. The van der Waals surface area contributed by atoms with Gasteiger partial charge in [-0.05, 0) is 23.4 Å². The number of aliphatic carboxylic acids is 1. The maximum atomic E-state index is 14.6. The molecule has 33 heavy (non-hydrogen) atoms. The summed E-state index contributed by atoms with van der Waals surface area (Å²) in [6.07, 6.45) is 3.85. The van der Waals surface area contributed by atoms with Crippen LogP contribution in [0.3, 0.4) is 0 Å². The highest BCUT2D eigenvalue weighted by molar-refractivity contribution is 5.85.